The van der Waals surface area contributed by atoms with Crippen LogP contribution in [0.1, 0.15) is 34.1 Å². The molecular weight excluding hydrogens is 186 g/mol. The van der Waals surface area contributed by atoms with Gasteiger partial charge in [0.15, 0.2) is 6.23 Å². The second-order valence-corrected chi connectivity index (χ2v) is 3.77. The first kappa shape index (κ1) is 11.9. The maximum Gasteiger partial charge on any atom is 0.191 e. The lowest BCUT2D eigenvalue weighted by Crippen LogP contribution is -2.27. The molecule has 1 aliphatic carbocycles. The van der Waals surface area contributed by atoms with Gasteiger partial charge in [0.1, 0.15) is 6.26 Å². The molecule has 2 nitrogen and oxygen atoms in total. The highest BCUT2D eigenvalue weighted by Crippen LogP contribution is 2.24. The largest absolute Gasteiger partial charge is 0.473 e. The highest BCUT2D eigenvalue weighted by molar-refractivity contribution is 5.24. The van der Waals surface area contributed by atoms with E-state index < -0.39 is 0 Å². The second-order valence-electron chi connectivity index (χ2n) is 3.77. The predicted molar refractivity (Wildman–Crippen MR) is 64.1 cm³/mol. The van der Waals surface area contributed by atoms with Crippen molar-refractivity contribution in [2.75, 3.05) is 0 Å². The van der Waals surface area contributed by atoms with E-state index in [0.29, 0.717) is 5.92 Å². The Morgan fingerprint density at radius 3 is 2.67 bits per heavy atom. The van der Waals surface area contributed by atoms with Gasteiger partial charge in [0.2, 0.25) is 0 Å². The van der Waals surface area contributed by atoms with E-state index in [0.717, 1.165) is 12.1 Å². The van der Waals surface area contributed by atoms with Gasteiger partial charge >= 0.3 is 0 Å². The van der Waals surface area contributed by atoms with Crippen LogP contribution in [0.3, 0.4) is 0 Å². The molecule has 0 aromatic rings. The van der Waals surface area contributed by atoms with Crippen molar-refractivity contribution in [3.63, 3.8) is 0 Å². The zero-order valence-electron chi connectivity index (χ0n) is 10.1. The second kappa shape index (κ2) is 5.64. The zero-order chi connectivity index (χ0) is 11.3. The van der Waals surface area contributed by atoms with Gasteiger partial charge in [-0.25, -0.2) is 0 Å². The Bertz CT molecular complexity index is 289. The third-order valence-corrected chi connectivity index (χ3v) is 2.38. The molecule has 0 amide bonds. The van der Waals surface area contributed by atoms with E-state index in [1.165, 1.54) is 5.57 Å². The van der Waals surface area contributed by atoms with Crippen molar-refractivity contribution in [3.8, 4) is 0 Å². The summed E-state index contributed by atoms with van der Waals surface area (Å²) in [5, 5.41) is 3.28. The lowest BCUT2D eigenvalue weighted by atomic mass is 9.95. The van der Waals surface area contributed by atoms with Crippen molar-refractivity contribution >= 4 is 0 Å². The quantitative estimate of drug-likeness (QED) is 0.712. The Morgan fingerprint density at radius 1 is 1.40 bits per heavy atom. The lowest BCUT2D eigenvalue weighted by Gasteiger charge is -2.20. The summed E-state index contributed by atoms with van der Waals surface area (Å²) in [6, 6.07) is 0. The number of nitrogens with one attached hydrogen (secondary N) is 1. The molecule has 2 aliphatic rings. The summed E-state index contributed by atoms with van der Waals surface area (Å²) in [6.07, 6.45) is 9.43. The molecule has 2 heteroatoms. The molecule has 1 N–H and O–H groups in total. The van der Waals surface area contributed by atoms with Gasteiger partial charge in [-0.1, -0.05) is 39.0 Å². The van der Waals surface area contributed by atoms with Crippen LogP contribution in [0.4, 0.5) is 0 Å². The van der Waals surface area contributed by atoms with Crippen LogP contribution in [-0.2, 0) is 4.74 Å². The molecular formula is C13H21NO. The van der Waals surface area contributed by atoms with Crippen LogP contribution in [0.2, 0.25) is 0 Å². The maximum atomic E-state index is 5.48. The highest BCUT2D eigenvalue weighted by Gasteiger charge is 2.21. The van der Waals surface area contributed by atoms with Crippen molar-refractivity contribution in [2.24, 2.45) is 5.92 Å². The molecule has 1 heterocycles. The number of hydrogen-bond donors (Lipinski definition) is 1. The summed E-state index contributed by atoms with van der Waals surface area (Å²) in [5.41, 5.74) is 2.44. The van der Waals surface area contributed by atoms with E-state index in [1.54, 1.807) is 6.26 Å². The van der Waals surface area contributed by atoms with Crippen LogP contribution in [0.5, 0.6) is 0 Å². The standard InChI is InChI=1S/C11H15NO.C2H6/c1-8-4-3-5-10(6-8)11-12-9(2)7-13-11;1-2/h3-5,7-8,11-12H,6H2,1-2H3;1-2H3. The molecule has 2 rings (SSSR count). The van der Waals surface area contributed by atoms with Crippen molar-refractivity contribution in [3.05, 3.63) is 35.8 Å². The summed E-state index contributed by atoms with van der Waals surface area (Å²) < 4.78 is 5.48. The van der Waals surface area contributed by atoms with Crippen LogP contribution in [0, 0.1) is 5.92 Å². The smallest absolute Gasteiger partial charge is 0.191 e. The van der Waals surface area contributed by atoms with Crippen molar-refractivity contribution in [2.45, 2.75) is 40.3 Å². The van der Waals surface area contributed by atoms with Crippen molar-refractivity contribution in [1.29, 1.82) is 0 Å². The molecule has 2 unspecified atom stereocenters. The fourth-order valence-corrected chi connectivity index (χ4v) is 1.70. The van der Waals surface area contributed by atoms with E-state index in [-0.39, 0.29) is 6.23 Å². The predicted octanol–water partition coefficient (Wildman–Crippen LogP) is 3.34. The van der Waals surface area contributed by atoms with Crippen LogP contribution < -0.4 is 5.32 Å². The van der Waals surface area contributed by atoms with E-state index >= 15 is 0 Å². The summed E-state index contributed by atoms with van der Waals surface area (Å²) in [4.78, 5) is 0. The fourth-order valence-electron chi connectivity index (χ4n) is 1.70. The minimum Gasteiger partial charge on any atom is -0.473 e. The highest BCUT2D eigenvalue weighted by atomic mass is 16.5. The van der Waals surface area contributed by atoms with Gasteiger partial charge in [0.05, 0.1) is 0 Å². The number of ether oxygens (including phenoxy) is 1. The molecule has 0 radical (unpaired) electrons. The molecule has 0 saturated carbocycles. The first-order chi connectivity index (χ1) is 7.25. The minimum atomic E-state index is 0.0763. The molecule has 0 aromatic heterocycles. The Kier molecular flexibility index (Phi) is 4.47. The molecule has 84 valence electrons. The zero-order valence-corrected chi connectivity index (χ0v) is 10.1. The van der Waals surface area contributed by atoms with Crippen LogP contribution in [-0.4, -0.2) is 6.23 Å². The SMILES string of the molecule is CC.CC1=COC(C2=CC=CC(C)C2)N1. The van der Waals surface area contributed by atoms with E-state index in [2.05, 4.69) is 30.5 Å². The molecule has 0 aromatic carbocycles. The van der Waals surface area contributed by atoms with Gasteiger partial charge < -0.3 is 10.1 Å². The Balaban J connectivity index is 0.000000531. The average molecular weight is 207 g/mol. The maximum absolute atomic E-state index is 5.48. The van der Waals surface area contributed by atoms with Crippen molar-refractivity contribution < 1.29 is 4.74 Å². The summed E-state index contributed by atoms with van der Waals surface area (Å²) in [5.74, 6) is 0.631. The van der Waals surface area contributed by atoms with Gasteiger partial charge in [0.25, 0.3) is 0 Å². The van der Waals surface area contributed by atoms with Gasteiger partial charge in [-0.15, -0.1) is 0 Å². The monoisotopic (exact) mass is 207 g/mol. The van der Waals surface area contributed by atoms with Crippen LogP contribution in [0.25, 0.3) is 0 Å². The molecule has 1 aliphatic heterocycles. The molecule has 0 bridgehead atoms. The first-order valence-corrected chi connectivity index (χ1v) is 5.72. The van der Waals surface area contributed by atoms with Gasteiger partial charge in [-0.2, -0.15) is 0 Å². The third-order valence-electron chi connectivity index (χ3n) is 2.38. The summed E-state index contributed by atoms with van der Waals surface area (Å²) >= 11 is 0. The van der Waals surface area contributed by atoms with E-state index in [4.69, 9.17) is 4.74 Å². The lowest BCUT2D eigenvalue weighted by molar-refractivity contribution is 0.179. The van der Waals surface area contributed by atoms with Crippen molar-refractivity contribution in [1.82, 2.24) is 5.32 Å². The summed E-state index contributed by atoms with van der Waals surface area (Å²) in [6.45, 7) is 8.24. The fraction of sp³-hybridized carbons (Fsp3) is 0.538. The van der Waals surface area contributed by atoms with Crippen LogP contribution >= 0.6 is 0 Å². The van der Waals surface area contributed by atoms with Gasteiger partial charge in [-0.05, 0) is 24.8 Å². The minimum absolute atomic E-state index is 0.0763. The van der Waals surface area contributed by atoms with Gasteiger partial charge in [-0.3, -0.25) is 0 Å². The first-order valence-electron chi connectivity index (χ1n) is 5.72. The van der Waals surface area contributed by atoms with Crippen LogP contribution in [0.15, 0.2) is 35.8 Å². The number of rotatable bonds is 1. The third kappa shape index (κ3) is 3.15. The molecule has 0 saturated heterocycles. The molecule has 0 spiro atoms. The topological polar surface area (TPSA) is 21.3 Å². The average Bonchev–Trinajstić information content (AvgIpc) is 2.68. The number of allylic oxidation sites excluding steroid dienone is 4. The molecule has 0 fully saturated rings. The Hall–Kier alpha value is -1.18. The van der Waals surface area contributed by atoms with E-state index in [9.17, 15) is 0 Å². The normalized spacial score (nSPS) is 28.0. The number of hydrogen-bond acceptors (Lipinski definition) is 2. The summed E-state index contributed by atoms with van der Waals surface area (Å²) in [7, 11) is 0. The Morgan fingerprint density at radius 2 is 2.13 bits per heavy atom. The Labute approximate surface area is 92.7 Å². The van der Waals surface area contributed by atoms with Gasteiger partial charge in [0, 0.05) is 5.70 Å². The molecule has 2 atom stereocenters. The molecule has 15 heavy (non-hydrogen) atoms. The van der Waals surface area contributed by atoms with E-state index in [1.807, 2.05) is 20.8 Å².